The summed E-state index contributed by atoms with van der Waals surface area (Å²) < 4.78 is 26.5. The highest BCUT2D eigenvalue weighted by Crippen LogP contribution is 2.25. The molecule has 1 aromatic rings. The Kier molecular flexibility index (Phi) is 3.45. The number of anilines is 1. The van der Waals surface area contributed by atoms with Gasteiger partial charge in [-0.15, -0.1) is 0 Å². The van der Waals surface area contributed by atoms with E-state index in [1.54, 1.807) is 18.2 Å². The number of hydrogen-bond acceptors (Lipinski definition) is 3. The highest BCUT2D eigenvalue weighted by atomic mass is 32.2. The Morgan fingerprint density at radius 1 is 1.28 bits per heavy atom. The highest BCUT2D eigenvalue weighted by Gasteiger charge is 2.27. The summed E-state index contributed by atoms with van der Waals surface area (Å²) >= 11 is 0. The summed E-state index contributed by atoms with van der Waals surface area (Å²) in [6.45, 7) is 4.81. The number of benzene rings is 1. The van der Waals surface area contributed by atoms with Crippen molar-refractivity contribution in [1.82, 2.24) is 4.31 Å². The van der Waals surface area contributed by atoms with Crippen molar-refractivity contribution >= 4 is 15.7 Å². The molecule has 0 radical (unpaired) electrons. The van der Waals surface area contributed by atoms with Crippen molar-refractivity contribution in [2.75, 3.05) is 18.8 Å². The lowest BCUT2D eigenvalue weighted by Gasteiger charge is -2.26. The molecule has 0 atom stereocenters. The van der Waals surface area contributed by atoms with Crippen molar-refractivity contribution < 1.29 is 8.42 Å². The van der Waals surface area contributed by atoms with E-state index in [1.165, 1.54) is 4.31 Å². The number of nitrogens with two attached hydrogens (primary N) is 1. The van der Waals surface area contributed by atoms with Crippen molar-refractivity contribution in [3.05, 3.63) is 35.4 Å². The van der Waals surface area contributed by atoms with Gasteiger partial charge in [-0.1, -0.05) is 17.7 Å². The first-order chi connectivity index (χ1) is 8.41. The van der Waals surface area contributed by atoms with Gasteiger partial charge in [0, 0.05) is 13.1 Å². The van der Waals surface area contributed by atoms with Crippen LogP contribution in [0.2, 0.25) is 0 Å². The van der Waals surface area contributed by atoms with E-state index in [-0.39, 0.29) is 4.90 Å². The second-order valence-corrected chi connectivity index (χ2v) is 6.63. The van der Waals surface area contributed by atoms with E-state index >= 15 is 0 Å². The summed E-state index contributed by atoms with van der Waals surface area (Å²) in [6.07, 6.45) is 2.83. The van der Waals surface area contributed by atoms with Gasteiger partial charge in [-0.25, -0.2) is 8.42 Å². The van der Waals surface area contributed by atoms with E-state index in [0.29, 0.717) is 18.8 Å². The van der Waals surface area contributed by atoms with Crippen molar-refractivity contribution in [1.29, 1.82) is 0 Å². The Labute approximate surface area is 108 Å². The predicted octanol–water partition coefficient (Wildman–Crippen LogP) is 1.92. The fourth-order valence-corrected chi connectivity index (χ4v) is 3.72. The third kappa shape index (κ3) is 2.42. The third-order valence-electron chi connectivity index (χ3n) is 3.08. The van der Waals surface area contributed by atoms with Crippen molar-refractivity contribution in [3.8, 4) is 0 Å². The Bertz CT molecular complexity index is 591. The number of aryl methyl sites for hydroxylation is 1. The van der Waals surface area contributed by atoms with Gasteiger partial charge in [0.15, 0.2) is 0 Å². The summed E-state index contributed by atoms with van der Waals surface area (Å²) in [6, 6.07) is 5.06. The zero-order chi connectivity index (χ0) is 13.3. The molecule has 0 saturated heterocycles. The predicted molar refractivity (Wildman–Crippen MR) is 72.7 cm³/mol. The Morgan fingerprint density at radius 3 is 2.61 bits per heavy atom. The van der Waals surface area contributed by atoms with E-state index in [4.69, 9.17) is 5.73 Å². The quantitative estimate of drug-likeness (QED) is 0.657. The molecule has 0 amide bonds. The minimum absolute atomic E-state index is 0.211. The molecule has 5 heteroatoms. The molecular weight excluding hydrogens is 248 g/mol. The van der Waals surface area contributed by atoms with Crippen LogP contribution in [0, 0.1) is 6.92 Å². The van der Waals surface area contributed by atoms with E-state index in [0.717, 1.165) is 17.6 Å². The zero-order valence-electron chi connectivity index (χ0n) is 10.7. The fraction of sp³-hybridized carbons (Fsp3) is 0.385. The lowest BCUT2D eigenvalue weighted by atomic mass is 10.2. The monoisotopic (exact) mass is 266 g/mol. The molecule has 1 aromatic carbocycles. The molecule has 0 aliphatic carbocycles. The minimum atomic E-state index is -3.47. The summed E-state index contributed by atoms with van der Waals surface area (Å²) in [5.74, 6) is 0. The van der Waals surface area contributed by atoms with Crippen LogP contribution < -0.4 is 5.73 Å². The molecule has 98 valence electrons. The molecule has 0 spiro atoms. The first-order valence-corrected chi connectivity index (χ1v) is 7.37. The maximum atomic E-state index is 12.5. The Balaban J connectivity index is 2.39. The Morgan fingerprint density at radius 2 is 2.00 bits per heavy atom. The minimum Gasteiger partial charge on any atom is -0.398 e. The van der Waals surface area contributed by atoms with Crippen LogP contribution in [0.1, 0.15) is 18.9 Å². The fourth-order valence-electron chi connectivity index (χ4n) is 2.12. The Hall–Kier alpha value is -1.33. The van der Waals surface area contributed by atoms with Gasteiger partial charge in [0.25, 0.3) is 0 Å². The molecule has 0 aromatic heterocycles. The lowest BCUT2D eigenvalue weighted by molar-refractivity contribution is 0.428. The molecule has 1 aliphatic rings. The number of nitrogen functional groups attached to an aromatic ring is 1. The average Bonchev–Trinajstić information content (AvgIpc) is 2.28. The van der Waals surface area contributed by atoms with E-state index in [2.05, 4.69) is 6.08 Å². The van der Waals surface area contributed by atoms with Gasteiger partial charge in [0.2, 0.25) is 10.0 Å². The van der Waals surface area contributed by atoms with Gasteiger partial charge >= 0.3 is 0 Å². The van der Waals surface area contributed by atoms with Crippen LogP contribution in [0.3, 0.4) is 0 Å². The molecule has 1 heterocycles. The van der Waals surface area contributed by atoms with E-state index < -0.39 is 10.0 Å². The molecule has 0 saturated carbocycles. The molecule has 0 fully saturated rings. The second-order valence-electron chi connectivity index (χ2n) is 4.72. The normalized spacial score (nSPS) is 17.6. The lowest BCUT2D eigenvalue weighted by Crippen LogP contribution is -2.35. The van der Waals surface area contributed by atoms with Crippen LogP contribution in [0.4, 0.5) is 5.69 Å². The van der Waals surface area contributed by atoms with E-state index in [1.807, 2.05) is 13.8 Å². The number of hydrogen-bond donors (Lipinski definition) is 1. The smallest absolute Gasteiger partial charge is 0.245 e. The zero-order valence-corrected chi connectivity index (χ0v) is 11.5. The van der Waals surface area contributed by atoms with Gasteiger partial charge in [0.05, 0.1) is 5.69 Å². The molecule has 4 nitrogen and oxygen atoms in total. The summed E-state index contributed by atoms with van der Waals surface area (Å²) in [5.41, 5.74) is 8.19. The summed E-state index contributed by atoms with van der Waals surface area (Å²) in [5, 5.41) is 0. The van der Waals surface area contributed by atoms with Crippen LogP contribution >= 0.6 is 0 Å². The first kappa shape index (κ1) is 13.1. The van der Waals surface area contributed by atoms with Gasteiger partial charge in [-0.2, -0.15) is 4.31 Å². The maximum absolute atomic E-state index is 12.5. The van der Waals surface area contributed by atoms with E-state index in [9.17, 15) is 8.42 Å². The molecule has 0 unspecified atom stereocenters. The van der Waals surface area contributed by atoms with Crippen LogP contribution in [0.15, 0.2) is 34.7 Å². The SMILES string of the molecule is CC1=CCCN(S(=O)(=O)c2ccc(C)cc2N)C1. The van der Waals surface area contributed by atoms with Crippen LogP contribution in [0.5, 0.6) is 0 Å². The van der Waals surface area contributed by atoms with Gasteiger partial charge < -0.3 is 5.73 Å². The third-order valence-corrected chi connectivity index (χ3v) is 5.00. The molecule has 18 heavy (non-hydrogen) atoms. The largest absolute Gasteiger partial charge is 0.398 e. The number of nitrogens with zero attached hydrogens (tertiary/aromatic N) is 1. The van der Waals surface area contributed by atoms with Crippen molar-refractivity contribution in [2.24, 2.45) is 0 Å². The molecular formula is C13H18N2O2S. The van der Waals surface area contributed by atoms with Gasteiger partial charge in [-0.3, -0.25) is 0 Å². The molecule has 0 bridgehead atoms. The molecule has 2 N–H and O–H groups in total. The van der Waals surface area contributed by atoms with Crippen LogP contribution in [-0.4, -0.2) is 25.8 Å². The molecule has 1 aliphatic heterocycles. The first-order valence-electron chi connectivity index (χ1n) is 5.93. The number of sulfonamides is 1. The number of rotatable bonds is 2. The van der Waals surface area contributed by atoms with Crippen LogP contribution in [0.25, 0.3) is 0 Å². The standard InChI is InChI=1S/C13H18N2O2S/c1-10-5-6-13(12(14)8-10)18(16,17)15-7-3-4-11(2)9-15/h4-6,8H,3,7,9,14H2,1-2H3. The topological polar surface area (TPSA) is 63.4 Å². The van der Waals surface area contributed by atoms with Crippen molar-refractivity contribution in [2.45, 2.75) is 25.2 Å². The second kappa shape index (κ2) is 4.74. The summed E-state index contributed by atoms with van der Waals surface area (Å²) in [4.78, 5) is 0.211. The highest BCUT2D eigenvalue weighted by molar-refractivity contribution is 7.89. The van der Waals surface area contributed by atoms with Crippen molar-refractivity contribution in [3.63, 3.8) is 0 Å². The van der Waals surface area contributed by atoms with Gasteiger partial charge in [0.1, 0.15) is 4.90 Å². The average molecular weight is 266 g/mol. The van der Waals surface area contributed by atoms with Gasteiger partial charge in [-0.05, 0) is 38.0 Å². The molecule has 2 rings (SSSR count). The van der Waals surface area contributed by atoms with Crippen LogP contribution in [-0.2, 0) is 10.0 Å². The summed E-state index contributed by atoms with van der Waals surface area (Å²) in [7, 11) is -3.47. The maximum Gasteiger partial charge on any atom is 0.245 e.